The number of carbonyl (C=O) groups is 2. The van der Waals surface area contributed by atoms with Crippen LogP contribution in [0.3, 0.4) is 0 Å². The van der Waals surface area contributed by atoms with Crippen molar-refractivity contribution in [2.24, 2.45) is 5.73 Å². The molecule has 4 aromatic rings. The normalized spacial score (nSPS) is 13.5. The number of anilines is 5. The molecule has 1 saturated heterocycles. The monoisotopic (exact) mass is 536 g/mol. The zero-order chi connectivity index (χ0) is 27.9. The van der Waals surface area contributed by atoms with E-state index >= 15 is 0 Å². The molecule has 1 aliphatic heterocycles. The second-order valence-corrected chi connectivity index (χ2v) is 9.65. The number of amides is 2. The van der Waals surface area contributed by atoms with Gasteiger partial charge in [-0.15, -0.1) is 0 Å². The van der Waals surface area contributed by atoms with E-state index in [0.29, 0.717) is 23.6 Å². The van der Waals surface area contributed by atoms with E-state index in [-0.39, 0.29) is 17.4 Å². The number of nitrogens with zero attached hydrogens (tertiary/aromatic N) is 4. The molecule has 5 N–H and O–H groups in total. The quantitative estimate of drug-likeness (QED) is 0.255. The van der Waals surface area contributed by atoms with Gasteiger partial charge in [0.15, 0.2) is 0 Å². The number of nitrogens with two attached hydrogens (primary N) is 1. The minimum atomic E-state index is -0.631. The van der Waals surface area contributed by atoms with Gasteiger partial charge in [-0.2, -0.15) is 4.98 Å². The molecule has 1 aromatic heterocycles. The number of primary amides is 1. The van der Waals surface area contributed by atoms with Crippen LogP contribution in [-0.4, -0.2) is 59.9 Å². The van der Waals surface area contributed by atoms with Crippen LogP contribution in [0.5, 0.6) is 0 Å². The molecule has 5 rings (SSSR count). The molecule has 1 aliphatic rings. The second-order valence-electron chi connectivity index (χ2n) is 9.65. The van der Waals surface area contributed by atoms with Crippen LogP contribution in [0.15, 0.2) is 85.1 Å². The first-order chi connectivity index (χ1) is 19.4. The average Bonchev–Trinajstić information content (AvgIpc) is 2.98. The van der Waals surface area contributed by atoms with Gasteiger partial charge in [0, 0.05) is 61.5 Å². The number of likely N-dealkylation sites (N-methyl/N-ethyl adjacent to an activating group) is 1. The van der Waals surface area contributed by atoms with E-state index in [1.807, 2.05) is 42.5 Å². The largest absolute Gasteiger partial charge is 0.369 e. The first-order valence-electron chi connectivity index (χ1n) is 13.1. The third kappa shape index (κ3) is 6.72. The molecular weight excluding hydrogens is 504 g/mol. The molecule has 0 radical (unpaired) electrons. The Balaban J connectivity index is 1.24. The summed E-state index contributed by atoms with van der Waals surface area (Å²) < 4.78 is 0. The average molecular weight is 537 g/mol. The molecule has 40 heavy (non-hydrogen) atoms. The van der Waals surface area contributed by atoms with Crippen molar-refractivity contribution < 1.29 is 9.59 Å². The highest BCUT2D eigenvalue weighted by molar-refractivity contribution is 5.98. The Kier molecular flexibility index (Phi) is 8.17. The van der Waals surface area contributed by atoms with Crippen LogP contribution in [0.25, 0.3) is 0 Å². The molecule has 0 spiro atoms. The lowest BCUT2D eigenvalue weighted by Crippen LogP contribution is -2.44. The molecule has 0 unspecified atom stereocenters. The summed E-state index contributed by atoms with van der Waals surface area (Å²) in [5, 5.41) is 9.23. The number of hydrogen-bond acceptors (Lipinski definition) is 8. The molecule has 3 aromatic carbocycles. The predicted octanol–water partition coefficient (Wildman–Crippen LogP) is 3.74. The lowest BCUT2D eigenvalue weighted by atomic mass is 10.2. The maximum atomic E-state index is 12.5. The van der Waals surface area contributed by atoms with Crippen molar-refractivity contribution in [1.82, 2.24) is 20.2 Å². The fraction of sp³-hybridized carbons (Fsp3) is 0.200. The van der Waals surface area contributed by atoms with Gasteiger partial charge in [0.25, 0.3) is 11.8 Å². The van der Waals surface area contributed by atoms with Gasteiger partial charge in [-0.25, -0.2) is 4.98 Å². The summed E-state index contributed by atoms with van der Waals surface area (Å²) in [6, 6.07) is 24.7. The first kappa shape index (κ1) is 26.6. The zero-order valence-corrected chi connectivity index (χ0v) is 22.3. The Labute approximate surface area is 233 Å². The van der Waals surface area contributed by atoms with Gasteiger partial charge >= 0.3 is 0 Å². The van der Waals surface area contributed by atoms with Crippen LogP contribution < -0.4 is 26.6 Å². The maximum absolute atomic E-state index is 12.5. The highest BCUT2D eigenvalue weighted by atomic mass is 16.2. The SMILES string of the molecule is CN1CCN(c2ccc(Nc3nc(Nc4ccc(C(=O)NCc5ccccc5)cc4)ncc3C(N)=O)cc2)CC1. The van der Waals surface area contributed by atoms with Crippen LogP contribution in [0, 0.1) is 0 Å². The minimum Gasteiger partial charge on any atom is -0.369 e. The Hall–Kier alpha value is -4.96. The van der Waals surface area contributed by atoms with Crippen molar-refractivity contribution in [2.45, 2.75) is 6.54 Å². The van der Waals surface area contributed by atoms with Crippen LogP contribution >= 0.6 is 0 Å². The summed E-state index contributed by atoms with van der Waals surface area (Å²) in [4.78, 5) is 38.0. The van der Waals surface area contributed by atoms with Crippen molar-refractivity contribution in [1.29, 1.82) is 0 Å². The van der Waals surface area contributed by atoms with E-state index in [1.165, 1.54) is 6.20 Å². The van der Waals surface area contributed by atoms with E-state index < -0.39 is 5.91 Å². The molecule has 0 atom stereocenters. The second kappa shape index (κ2) is 12.3. The highest BCUT2D eigenvalue weighted by Gasteiger charge is 2.16. The van der Waals surface area contributed by atoms with Crippen LogP contribution in [0.1, 0.15) is 26.3 Å². The van der Waals surface area contributed by atoms with E-state index in [2.05, 4.69) is 54.9 Å². The van der Waals surface area contributed by atoms with Crippen molar-refractivity contribution >= 4 is 40.6 Å². The highest BCUT2D eigenvalue weighted by Crippen LogP contribution is 2.24. The molecule has 10 heteroatoms. The number of hydrogen-bond donors (Lipinski definition) is 4. The summed E-state index contributed by atoms with van der Waals surface area (Å²) in [5.41, 5.74) is 9.94. The Morgan fingerprint density at radius 3 is 2.17 bits per heavy atom. The molecule has 1 fully saturated rings. The topological polar surface area (TPSA) is 129 Å². The Morgan fingerprint density at radius 2 is 1.50 bits per heavy atom. The molecule has 10 nitrogen and oxygen atoms in total. The summed E-state index contributed by atoms with van der Waals surface area (Å²) in [5.74, 6) is -0.214. The van der Waals surface area contributed by atoms with Gasteiger partial charge in [0.05, 0.1) is 0 Å². The van der Waals surface area contributed by atoms with Gasteiger partial charge in [-0.3, -0.25) is 9.59 Å². The minimum absolute atomic E-state index is 0.164. The lowest BCUT2D eigenvalue weighted by Gasteiger charge is -2.34. The summed E-state index contributed by atoms with van der Waals surface area (Å²) in [6.07, 6.45) is 1.39. The van der Waals surface area contributed by atoms with Crippen molar-refractivity contribution in [3.8, 4) is 0 Å². The van der Waals surface area contributed by atoms with E-state index in [9.17, 15) is 9.59 Å². The molecule has 0 bridgehead atoms. The fourth-order valence-electron chi connectivity index (χ4n) is 4.39. The van der Waals surface area contributed by atoms with Crippen LogP contribution in [-0.2, 0) is 6.54 Å². The summed E-state index contributed by atoms with van der Waals surface area (Å²) in [6.45, 7) is 4.48. The number of benzene rings is 3. The third-order valence-electron chi connectivity index (χ3n) is 6.75. The maximum Gasteiger partial charge on any atom is 0.254 e. The van der Waals surface area contributed by atoms with Crippen molar-refractivity contribution in [3.05, 3.63) is 102 Å². The number of carbonyl (C=O) groups excluding carboxylic acids is 2. The molecule has 0 saturated carbocycles. The Morgan fingerprint density at radius 1 is 0.850 bits per heavy atom. The number of nitrogens with one attached hydrogen (secondary N) is 3. The molecule has 2 heterocycles. The van der Waals surface area contributed by atoms with Gasteiger partial charge in [-0.05, 0) is 61.1 Å². The standard InChI is InChI=1S/C30H32N8O2/c1-37-15-17-38(18-16-37)25-13-11-23(12-14-25)34-28-26(27(31)39)20-33-30(36-28)35-24-9-7-22(8-10-24)29(40)32-19-21-5-3-2-4-6-21/h2-14,20H,15-19H2,1H3,(H2,31,39)(H,32,40)(H2,33,34,35,36). The smallest absolute Gasteiger partial charge is 0.254 e. The molecule has 0 aliphatic carbocycles. The van der Waals surface area contributed by atoms with Crippen LogP contribution in [0.2, 0.25) is 0 Å². The fourth-order valence-corrected chi connectivity index (χ4v) is 4.39. The Bertz CT molecular complexity index is 1450. The summed E-state index contributed by atoms with van der Waals surface area (Å²) in [7, 11) is 2.13. The predicted molar refractivity (Wildman–Crippen MR) is 157 cm³/mol. The van der Waals surface area contributed by atoms with Crippen molar-refractivity contribution in [3.63, 3.8) is 0 Å². The van der Waals surface area contributed by atoms with E-state index in [1.54, 1.807) is 24.3 Å². The zero-order valence-electron chi connectivity index (χ0n) is 22.3. The summed E-state index contributed by atoms with van der Waals surface area (Å²) >= 11 is 0. The van der Waals surface area contributed by atoms with E-state index in [0.717, 1.165) is 43.1 Å². The van der Waals surface area contributed by atoms with Gasteiger partial charge in [-0.1, -0.05) is 30.3 Å². The van der Waals surface area contributed by atoms with Gasteiger partial charge in [0.1, 0.15) is 11.4 Å². The number of aromatic nitrogens is 2. The number of rotatable bonds is 9. The first-order valence-corrected chi connectivity index (χ1v) is 13.1. The molecular formula is C30H32N8O2. The lowest BCUT2D eigenvalue weighted by molar-refractivity contribution is 0.0949. The molecule has 204 valence electrons. The van der Waals surface area contributed by atoms with Crippen molar-refractivity contribution in [2.75, 3.05) is 48.8 Å². The van der Waals surface area contributed by atoms with Gasteiger partial charge in [0.2, 0.25) is 5.95 Å². The molecule has 2 amide bonds. The van der Waals surface area contributed by atoms with Crippen LogP contribution in [0.4, 0.5) is 28.8 Å². The van der Waals surface area contributed by atoms with Gasteiger partial charge < -0.3 is 31.5 Å². The number of piperazine rings is 1. The van der Waals surface area contributed by atoms with E-state index in [4.69, 9.17) is 5.73 Å². The third-order valence-corrected chi connectivity index (χ3v) is 6.75.